The first kappa shape index (κ1) is 16.5. The van der Waals surface area contributed by atoms with Crippen LogP contribution >= 0.6 is 0 Å². The number of aromatic nitrogens is 3. The van der Waals surface area contributed by atoms with Crippen LogP contribution in [0, 0.1) is 5.92 Å². The lowest BCUT2D eigenvalue weighted by Gasteiger charge is -2.26. The highest BCUT2D eigenvalue weighted by molar-refractivity contribution is 5.81. The van der Waals surface area contributed by atoms with Crippen LogP contribution in [-0.2, 0) is 11.3 Å². The van der Waals surface area contributed by atoms with Gasteiger partial charge in [-0.2, -0.15) is 5.10 Å². The number of fused-ring (bicyclic) bond motifs is 1. The summed E-state index contributed by atoms with van der Waals surface area (Å²) in [6.45, 7) is 2.86. The van der Waals surface area contributed by atoms with Gasteiger partial charge in [0.2, 0.25) is 5.91 Å². The highest BCUT2D eigenvalue weighted by Gasteiger charge is 2.34. The van der Waals surface area contributed by atoms with Crippen LogP contribution in [0.3, 0.4) is 0 Å². The predicted molar refractivity (Wildman–Crippen MR) is 97.1 cm³/mol. The molecule has 2 aromatic heterocycles. The molecule has 0 radical (unpaired) electrons. The van der Waals surface area contributed by atoms with E-state index >= 15 is 0 Å². The van der Waals surface area contributed by atoms with Crippen LogP contribution in [0.15, 0.2) is 18.3 Å². The summed E-state index contributed by atoms with van der Waals surface area (Å²) in [6, 6.07) is 4.05. The fraction of sp³-hybridized carbons (Fsp3) is 0.632. The third-order valence-corrected chi connectivity index (χ3v) is 5.72. The summed E-state index contributed by atoms with van der Waals surface area (Å²) in [4.78, 5) is 19.4. The Bertz CT molecular complexity index is 749. The molecule has 0 aromatic carbocycles. The van der Waals surface area contributed by atoms with Gasteiger partial charge in [0.15, 0.2) is 5.65 Å². The van der Waals surface area contributed by atoms with Crippen LogP contribution in [0.2, 0.25) is 0 Å². The molecule has 6 heteroatoms. The molecule has 1 unspecified atom stereocenters. The zero-order chi connectivity index (χ0) is 17.2. The second-order valence-electron chi connectivity index (χ2n) is 7.38. The zero-order valence-corrected chi connectivity index (χ0v) is 14.7. The van der Waals surface area contributed by atoms with Crippen molar-refractivity contribution >= 4 is 16.9 Å². The first-order chi connectivity index (χ1) is 12.3. The number of likely N-dealkylation sites (tertiary alicyclic amines) is 1. The van der Waals surface area contributed by atoms with Crippen molar-refractivity contribution in [2.45, 2.75) is 51.0 Å². The van der Waals surface area contributed by atoms with Crippen molar-refractivity contribution < 1.29 is 4.79 Å². The smallest absolute Gasteiger partial charge is 0.225 e. The summed E-state index contributed by atoms with van der Waals surface area (Å²) < 4.78 is 1.91. The second-order valence-corrected chi connectivity index (χ2v) is 7.38. The lowest BCUT2D eigenvalue weighted by molar-refractivity contribution is -0.135. The number of hydrogen-bond donors (Lipinski definition) is 1. The largest absolute Gasteiger partial charge is 0.342 e. The van der Waals surface area contributed by atoms with E-state index in [1.165, 1.54) is 19.3 Å². The molecule has 0 spiro atoms. The number of hydrogen-bond acceptors (Lipinski definition) is 4. The van der Waals surface area contributed by atoms with E-state index in [4.69, 9.17) is 10.8 Å². The Morgan fingerprint density at radius 2 is 2.08 bits per heavy atom. The number of pyridine rings is 1. The van der Waals surface area contributed by atoms with Gasteiger partial charge in [0.25, 0.3) is 0 Å². The molecule has 1 amide bonds. The van der Waals surface area contributed by atoms with E-state index in [9.17, 15) is 4.79 Å². The fourth-order valence-corrected chi connectivity index (χ4v) is 4.40. The van der Waals surface area contributed by atoms with Crippen LogP contribution < -0.4 is 5.73 Å². The molecule has 2 aliphatic rings. The van der Waals surface area contributed by atoms with E-state index in [1.807, 2.05) is 10.7 Å². The summed E-state index contributed by atoms with van der Waals surface area (Å²) >= 11 is 0. The van der Waals surface area contributed by atoms with Crippen molar-refractivity contribution in [3.63, 3.8) is 0 Å². The Labute approximate surface area is 148 Å². The number of carbonyl (C=O) groups is 1. The van der Waals surface area contributed by atoms with Crippen LogP contribution in [0.5, 0.6) is 0 Å². The van der Waals surface area contributed by atoms with E-state index in [-0.39, 0.29) is 5.92 Å². The normalized spacial score (nSPS) is 22.0. The fourth-order valence-electron chi connectivity index (χ4n) is 4.40. The van der Waals surface area contributed by atoms with Gasteiger partial charge in [0.1, 0.15) is 0 Å². The Morgan fingerprint density at radius 3 is 2.88 bits per heavy atom. The maximum atomic E-state index is 12.8. The summed E-state index contributed by atoms with van der Waals surface area (Å²) in [5, 5.41) is 5.91. The molecular formula is C19H27N5O. The molecule has 1 saturated heterocycles. The van der Waals surface area contributed by atoms with E-state index in [2.05, 4.69) is 16.0 Å². The molecule has 25 heavy (non-hydrogen) atoms. The van der Waals surface area contributed by atoms with E-state index in [0.717, 1.165) is 49.1 Å². The minimum absolute atomic E-state index is 0.251. The van der Waals surface area contributed by atoms with Gasteiger partial charge in [-0.3, -0.25) is 4.79 Å². The lowest BCUT2D eigenvalue weighted by Crippen LogP contribution is -2.35. The molecule has 1 aliphatic carbocycles. The maximum Gasteiger partial charge on any atom is 0.225 e. The second kappa shape index (κ2) is 7.12. The average molecular weight is 341 g/mol. The van der Waals surface area contributed by atoms with Crippen molar-refractivity contribution in [1.29, 1.82) is 0 Å². The number of carbonyl (C=O) groups excluding carboxylic acids is 1. The summed E-state index contributed by atoms with van der Waals surface area (Å²) in [5.74, 6) is 0.921. The molecule has 3 heterocycles. The SMILES string of the molecule is NCCn1nc(C2CCN(C(=O)C3CCCCC3)C2)c2cccnc21. The standard InChI is InChI=1S/C19H27N5O/c20-9-12-24-18-16(7-4-10-21-18)17(22-24)15-8-11-23(13-15)19(25)14-5-2-1-3-6-14/h4,7,10,14-15H,1-3,5-6,8-9,11-13,20H2. The van der Waals surface area contributed by atoms with Gasteiger partial charge in [-0.25, -0.2) is 9.67 Å². The predicted octanol–water partition coefficient (Wildman–Crippen LogP) is 2.29. The topological polar surface area (TPSA) is 77.0 Å². The molecule has 4 rings (SSSR count). The van der Waals surface area contributed by atoms with Crippen molar-refractivity contribution in [2.75, 3.05) is 19.6 Å². The molecule has 1 saturated carbocycles. The van der Waals surface area contributed by atoms with Gasteiger partial charge in [0.05, 0.1) is 12.2 Å². The summed E-state index contributed by atoms with van der Waals surface area (Å²) in [5.41, 5.74) is 7.70. The van der Waals surface area contributed by atoms with Gasteiger partial charge in [-0.05, 0) is 31.4 Å². The van der Waals surface area contributed by atoms with Gasteiger partial charge in [-0.15, -0.1) is 0 Å². The summed E-state index contributed by atoms with van der Waals surface area (Å²) in [6.07, 6.45) is 8.61. The first-order valence-electron chi connectivity index (χ1n) is 9.58. The average Bonchev–Trinajstić information content (AvgIpc) is 3.28. The van der Waals surface area contributed by atoms with Gasteiger partial charge < -0.3 is 10.6 Å². The molecule has 2 aromatic rings. The highest BCUT2D eigenvalue weighted by atomic mass is 16.2. The molecular weight excluding hydrogens is 314 g/mol. The zero-order valence-electron chi connectivity index (χ0n) is 14.7. The third kappa shape index (κ3) is 3.15. The number of nitrogens with two attached hydrogens (primary N) is 1. The quantitative estimate of drug-likeness (QED) is 0.925. The third-order valence-electron chi connectivity index (χ3n) is 5.72. The molecule has 6 nitrogen and oxygen atoms in total. The Balaban J connectivity index is 1.53. The van der Waals surface area contributed by atoms with Gasteiger partial charge >= 0.3 is 0 Å². The van der Waals surface area contributed by atoms with Crippen LogP contribution in [0.1, 0.15) is 50.1 Å². The van der Waals surface area contributed by atoms with E-state index in [1.54, 1.807) is 6.20 Å². The van der Waals surface area contributed by atoms with Crippen molar-refractivity contribution in [3.05, 3.63) is 24.0 Å². The Hall–Kier alpha value is -1.95. The number of amides is 1. The molecule has 0 bridgehead atoms. The van der Waals surface area contributed by atoms with Crippen LogP contribution in [0.25, 0.3) is 11.0 Å². The van der Waals surface area contributed by atoms with Crippen LogP contribution in [-0.4, -0.2) is 45.2 Å². The molecule has 1 atom stereocenters. The summed E-state index contributed by atoms with van der Waals surface area (Å²) in [7, 11) is 0. The number of nitrogens with zero attached hydrogens (tertiary/aromatic N) is 4. The minimum Gasteiger partial charge on any atom is -0.342 e. The maximum absolute atomic E-state index is 12.8. The molecule has 1 aliphatic heterocycles. The molecule has 2 N–H and O–H groups in total. The molecule has 134 valence electrons. The van der Waals surface area contributed by atoms with Crippen molar-refractivity contribution in [3.8, 4) is 0 Å². The molecule has 2 fully saturated rings. The highest BCUT2D eigenvalue weighted by Crippen LogP contribution is 2.33. The lowest BCUT2D eigenvalue weighted by atomic mass is 9.88. The number of rotatable bonds is 4. The van der Waals surface area contributed by atoms with Gasteiger partial charge in [0, 0.05) is 43.1 Å². The van der Waals surface area contributed by atoms with E-state index < -0.39 is 0 Å². The first-order valence-corrected chi connectivity index (χ1v) is 9.58. The van der Waals surface area contributed by atoms with Crippen molar-refractivity contribution in [2.24, 2.45) is 11.7 Å². The minimum atomic E-state index is 0.251. The Morgan fingerprint density at radius 1 is 1.24 bits per heavy atom. The van der Waals surface area contributed by atoms with Crippen LogP contribution in [0.4, 0.5) is 0 Å². The Kier molecular flexibility index (Phi) is 4.70. The monoisotopic (exact) mass is 341 g/mol. The van der Waals surface area contributed by atoms with Crippen molar-refractivity contribution in [1.82, 2.24) is 19.7 Å². The van der Waals surface area contributed by atoms with E-state index in [0.29, 0.717) is 24.9 Å². The van der Waals surface area contributed by atoms with Gasteiger partial charge in [-0.1, -0.05) is 19.3 Å².